The highest BCUT2D eigenvalue weighted by molar-refractivity contribution is 7.93. The maximum absolute atomic E-state index is 14.7. The zero-order valence-electron chi connectivity index (χ0n) is 16.7. The number of benzene rings is 2. The number of aromatic nitrogens is 1. The van der Waals surface area contributed by atoms with E-state index in [1.165, 1.54) is 23.8 Å². The van der Waals surface area contributed by atoms with Crippen molar-refractivity contribution in [3.05, 3.63) is 76.4 Å². The number of allylic oxidation sites excluding steroid dienone is 1. The molecule has 0 amide bonds. The van der Waals surface area contributed by atoms with E-state index in [2.05, 4.69) is 15.8 Å². The topological polar surface area (TPSA) is 68.3 Å². The Morgan fingerprint density at radius 1 is 1.22 bits per heavy atom. The molecule has 0 saturated heterocycles. The highest BCUT2D eigenvalue weighted by atomic mass is 35.5. The van der Waals surface area contributed by atoms with Gasteiger partial charge in [-0.05, 0) is 48.6 Å². The zero-order valence-corrected chi connectivity index (χ0v) is 19.1. The molecule has 168 valence electrons. The number of halogens is 3. The van der Waals surface area contributed by atoms with Crippen molar-refractivity contribution in [2.45, 2.75) is 24.2 Å². The van der Waals surface area contributed by atoms with Gasteiger partial charge in [0, 0.05) is 12.0 Å². The SMILES string of the molecule is O=S(=O)(Nc1cncs1)c1cc(Cl)c(OCC2CCCC=C2c2ccc(F)cc2)cc1F. The molecule has 10 heteroatoms. The molecule has 0 radical (unpaired) electrons. The van der Waals surface area contributed by atoms with Gasteiger partial charge in [0.15, 0.2) is 0 Å². The number of hydrogen-bond acceptors (Lipinski definition) is 5. The lowest BCUT2D eigenvalue weighted by atomic mass is 9.84. The van der Waals surface area contributed by atoms with Gasteiger partial charge in [0.25, 0.3) is 10.0 Å². The molecule has 32 heavy (non-hydrogen) atoms. The molecule has 3 aromatic rings. The van der Waals surface area contributed by atoms with Crippen LogP contribution in [0.25, 0.3) is 5.57 Å². The van der Waals surface area contributed by atoms with E-state index >= 15 is 0 Å². The molecule has 1 aliphatic rings. The van der Waals surface area contributed by atoms with Crippen molar-refractivity contribution < 1.29 is 21.9 Å². The summed E-state index contributed by atoms with van der Waals surface area (Å²) in [5.41, 5.74) is 3.41. The van der Waals surface area contributed by atoms with Crippen molar-refractivity contribution in [3.63, 3.8) is 0 Å². The van der Waals surface area contributed by atoms with E-state index in [1.54, 1.807) is 12.1 Å². The Morgan fingerprint density at radius 3 is 2.72 bits per heavy atom. The van der Waals surface area contributed by atoms with Gasteiger partial charge in [-0.15, -0.1) is 11.3 Å². The maximum atomic E-state index is 14.7. The van der Waals surface area contributed by atoms with Crippen LogP contribution in [0.3, 0.4) is 0 Å². The molecule has 1 N–H and O–H groups in total. The van der Waals surface area contributed by atoms with Crippen LogP contribution in [0.1, 0.15) is 24.8 Å². The first-order chi connectivity index (χ1) is 15.3. The fraction of sp³-hybridized carbons (Fsp3) is 0.227. The van der Waals surface area contributed by atoms with Crippen molar-refractivity contribution in [2.75, 3.05) is 11.3 Å². The van der Waals surface area contributed by atoms with Crippen LogP contribution in [-0.4, -0.2) is 20.0 Å². The van der Waals surface area contributed by atoms with Crippen LogP contribution < -0.4 is 9.46 Å². The molecular formula is C22H19ClF2N2O3S2. The number of hydrogen-bond donors (Lipinski definition) is 1. The van der Waals surface area contributed by atoms with E-state index in [1.807, 2.05) is 0 Å². The second kappa shape index (κ2) is 9.56. The normalized spacial score (nSPS) is 16.5. The summed E-state index contributed by atoms with van der Waals surface area (Å²) >= 11 is 7.30. The number of anilines is 1. The van der Waals surface area contributed by atoms with Crippen molar-refractivity contribution >= 4 is 43.5 Å². The van der Waals surface area contributed by atoms with Crippen molar-refractivity contribution in [1.29, 1.82) is 0 Å². The smallest absolute Gasteiger partial charge is 0.265 e. The van der Waals surface area contributed by atoms with Crippen molar-refractivity contribution in [2.24, 2.45) is 5.92 Å². The van der Waals surface area contributed by atoms with Gasteiger partial charge in [-0.3, -0.25) is 9.71 Å². The Bertz CT molecular complexity index is 1230. The largest absolute Gasteiger partial charge is 0.491 e. The summed E-state index contributed by atoms with van der Waals surface area (Å²) in [6, 6.07) is 8.29. The second-order valence-corrected chi connectivity index (χ2v) is 10.2. The van der Waals surface area contributed by atoms with Crippen LogP contribution in [0.2, 0.25) is 5.02 Å². The Hall–Kier alpha value is -2.49. The zero-order chi connectivity index (χ0) is 22.7. The standard InChI is InChI=1S/C22H19ClF2N2O3S2/c23-18-9-21(32(28,29)27-22-11-26-13-31-22)19(25)10-20(18)30-12-15-3-1-2-4-17(15)14-5-7-16(24)8-6-14/h4-11,13,15,27H,1-3,12H2. The summed E-state index contributed by atoms with van der Waals surface area (Å²) in [5, 5.41) is 0.248. The summed E-state index contributed by atoms with van der Waals surface area (Å²) in [6.45, 7) is 0.230. The molecule has 0 saturated carbocycles. The molecule has 0 fully saturated rings. The third kappa shape index (κ3) is 5.11. The number of rotatable bonds is 7. The van der Waals surface area contributed by atoms with E-state index < -0.39 is 20.7 Å². The Morgan fingerprint density at radius 2 is 2.00 bits per heavy atom. The Labute approximate surface area is 193 Å². The lowest BCUT2D eigenvalue weighted by Gasteiger charge is -2.25. The maximum Gasteiger partial charge on any atom is 0.265 e. The minimum atomic E-state index is -4.17. The first-order valence-corrected chi connectivity index (χ1v) is 12.6. The number of nitrogens with zero attached hydrogens (tertiary/aromatic N) is 1. The number of thiazole rings is 1. The van der Waals surface area contributed by atoms with Crippen LogP contribution in [0, 0.1) is 17.6 Å². The Balaban J connectivity index is 1.51. The molecular weight excluding hydrogens is 478 g/mol. The van der Waals surface area contributed by atoms with E-state index in [9.17, 15) is 17.2 Å². The third-order valence-corrected chi connectivity index (χ3v) is 7.62. The van der Waals surface area contributed by atoms with Crippen LogP contribution in [-0.2, 0) is 10.0 Å². The minimum absolute atomic E-state index is 0.0146. The molecule has 4 rings (SSSR count). The molecule has 2 aromatic carbocycles. The summed E-state index contributed by atoms with van der Waals surface area (Å²) < 4.78 is 61.0. The van der Waals surface area contributed by atoms with Crippen LogP contribution in [0.4, 0.5) is 13.8 Å². The van der Waals surface area contributed by atoms with Gasteiger partial charge in [0.05, 0.1) is 23.3 Å². The number of sulfonamides is 1. The molecule has 1 aliphatic carbocycles. The van der Waals surface area contributed by atoms with Gasteiger partial charge in [-0.2, -0.15) is 0 Å². The highest BCUT2D eigenvalue weighted by Gasteiger charge is 2.24. The predicted molar refractivity (Wildman–Crippen MR) is 122 cm³/mol. The van der Waals surface area contributed by atoms with E-state index in [0.717, 1.165) is 53.9 Å². The summed E-state index contributed by atoms with van der Waals surface area (Å²) in [7, 11) is -4.17. The molecule has 1 unspecified atom stereocenters. The lowest BCUT2D eigenvalue weighted by Crippen LogP contribution is -2.17. The summed E-state index contributed by atoms with van der Waals surface area (Å²) in [6.07, 6.45) is 6.18. The molecule has 0 spiro atoms. The monoisotopic (exact) mass is 496 g/mol. The van der Waals surface area contributed by atoms with Crippen molar-refractivity contribution in [3.8, 4) is 5.75 Å². The molecule has 1 heterocycles. The first-order valence-electron chi connectivity index (χ1n) is 9.82. The van der Waals surface area contributed by atoms with Gasteiger partial charge in [0.2, 0.25) is 0 Å². The first kappa shape index (κ1) is 22.7. The predicted octanol–water partition coefficient (Wildman–Crippen LogP) is 6.14. The molecule has 0 aliphatic heterocycles. The van der Waals surface area contributed by atoms with Crippen LogP contribution in [0.15, 0.2) is 59.1 Å². The quantitative estimate of drug-likeness (QED) is 0.426. The average Bonchev–Trinajstić information content (AvgIpc) is 3.27. The van der Waals surface area contributed by atoms with Gasteiger partial charge in [0.1, 0.15) is 27.3 Å². The molecule has 1 atom stereocenters. The lowest BCUT2D eigenvalue weighted by molar-refractivity contribution is 0.267. The van der Waals surface area contributed by atoms with E-state index in [-0.39, 0.29) is 34.1 Å². The summed E-state index contributed by atoms with van der Waals surface area (Å²) in [4.78, 5) is 3.21. The molecule has 0 bridgehead atoms. The second-order valence-electron chi connectivity index (χ2n) is 7.29. The van der Waals surface area contributed by atoms with E-state index in [0.29, 0.717) is 0 Å². The Kier molecular flexibility index (Phi) is 6.78. The van der Waals surface area contributed by atoms with Gasteiger partial charge < -0.3 is 4.74 Å². The van der Waals surface area contributed by atoms with Crippen LogP contribution >= 0.6 is 22.9 Å². The number of nitrogens with one attached hydrogen (secondary N) is 1. The van der Waals surface area contributed by atoms with E-state index in [4.69, 9.17) is 16.3 Å². The van der Waals surface area contributed by atoms with Gasteiger partial charge in [-0.25, -0.2) is 17.2 Å². The fourth-order valence-corrected chi connectivity index (χ4v) is 5.76. The van der Waals surface area contributed by atoms with Crippen LogP contribution in [0.5, 0.6) is 5.75 Å². The molecule has 5 nitrogen and oxygen atoms in total. The highest BCUT2D eigenvalue weighted by Crippen LogP contribution is 2.36. The minimum Gasteiger partial charge on any atom is -0.491 e. The fourth-order valence-electron chi connectivity index (χ4n) is 3.58. The van der Waals surface area contributed by atoms with Crippen molar-refractivity contribution in [1.82, 2.24) is 4.98 Å². The van der Waals surface area contributed by atoms with Gasteiger partial charge in [-0.1, -0.05) is 29.8 Å². The third-order valence-electron chi connectivity index (χ3n) is 5.12. The average molecular weight is 497 g/mol. The number of ether oxygens (including phenoxy) is 1. The summed E-state index contributed by atoms with van der Waals surface area (Å²) in [5.74, 6) is -1.20. The molecule has 1 aromatic heterocycles. The van der Waals surface area contributed by atoms with Gasteiger partial charge >= 0.3 is 0 Å².